The lowest BCUT2D eigenvalue weighted by atomic mass is 10.0. The molecule has 0 amide bonds. The third-order valence-corrected chi connectivity index (χ3v) is 3.73. The van der Waals surface area contributed by atoms with Crippen molar-refractivity contribution in [2.24, 2.45) is 0 Å². The van der Waals surface area contributed by atoms with Crippen molar-refractivity contribution in [1.29, 1.82) is 0 Å². The fourth-order valence-corrected chi connectivity index (χ4v) is 2.56. The Morgan fingerprint density at radius 1 is 1.19 bits per heavy atom. The van der Waals surface area contributed by atoms with E-state index in [2.05, 4.69) is 48.7 Å². The molecule has 0 aliphatic rings. The van der Waals surface area contributed by atoms with Crippen molar-refractivity contribution >= 4 is 34.6 Å². The van der Waals surface area contributed by atoms with Crippen LogP contribution in [0.5, 0.6) is 0 Å². The van der Waals surface area contributed by atoms with Crippen molar-refractivity contribution in [1.82, 2.24) is 5.32 Å². The Labute approximate surface area is 136 Å². The van der Waals surface area contributed by atoms with Gasteiger partial charge in [-0.05, 0) is 49.3 Å². The smallest absolute Gasteiger partial charge is 0.171 e. The van der Waals surface area contributed by atoms with Gasteiger partial charge < -0.3 is 10.6 Å². The van der Waals surface area contributed by atoms with E-state index in [9.17, 15) is 0 Å². The first-order valence-corrected chi connectivity index (χ1v) is 7.76. The molecule has 21 heavy (non-hydrogen) atoms. The Hall–Kier alpha value is -1.58. The summed E-state index contributed by atoms with van der Waals surface area (Å²) in [5.74, 6) is 0. The maximum absolute atomic E-state index is 5.97. The van der Waals surface area contributed by atoms with Gasteiger partial charge in [0, 0.05) is 10.7 Å². The van der Waals surface area contributed by atoms with E-state index in [1.54, 1.807) is 0 Å². The number of benzene rings is 2. The van der Waals surface area contributed by atoms with Crippen molar-refractivity contribution in [2.75, 3.05) is 5.32 Å². The van der Waals surface area contributed by atoms with Gasteiger partial charge in [-0.25, -0.2) is 0 Å². The maximum Gasteiger partial charge on any atom is 0.171 e. The molecule has 0 saturated carbocycles. The zero-order valence-electron chi connectivity index (χ0n) is 12.2. The normalized spacial score (nSPS) is 11.8. The van der Waals surface area contributed by atoms with Gasteiger partial charge in [0.2, 0.25) is 0 Å². The first kappa shape index (κ1) is 15.8. The van der Waals surface area contributed by atoms with Gasteiger partial charge in [0.05, 0.1) is 6.04 Å². The summed E-state index contributed by atoms with van der Waals surface area (Å²) in [7, 11) is 0. The minimum Gasteiger partial charge on any atom is -0.356 e. The van der Waals surface area contributed by atoms with Crippen LogP contribution in [0.15, 0.2) is 48.5 Å². The predicted molar refractivity (Wildman–Crippen MR) is 95.0 cm³/mol. The monoisotopic (exact) mass is 318 g/mol. The van der Waals surface area contributed by atoms with E-state index in [-0.39, 0.29) is 6.04 Å². The summed E-state index contributed by atoms with van der Waals surface area (Å²) in [6.07, 6.45) is 0.959. The van der Waals surface area contributed by atoms with Crippen LogP contribution < -0.4 is 10.6 Å². The molecule has 2 rings (SSSR count). The standard InChI is InChI=1S/C17H19ClN2S/c1-3-16(13-9-7-12(2)8-10-13)20-17(21)19-15-6-4-5-14(18)11-15/h4-11,16H,3H2,1-2H3,(H2,19,20,21)/t16-/m0/s1. The van der Waals surface area contributed by atoms with Crippen molar-refractivity contribution < 1.29 is 0 Å². The van der Waals surface area contributed by atoms with Crippen molar-refractivity contribution in [3.63, 3.8) is 0 Å². The third kappa shape index (κ3) is 4.73. The molecule has 0 aromatic heterocycles. The van der Waals surface area contributed by atoms with E-state index >= 15 is 0 Å². The van der Waals surface area contributed by atoms with Crippen LogP contribution in [0, 0.1) is 6.92 Å². The molecule has 0 unspecified atom stereocenters. The van der Waals surface area contributed by atoms with Gasteiger partial charge >= 0.3 is 0 Å². The van der Waals surface area contributed by atoms with Gasteiger partial charge in [-0.2, -0.15) is 0 Å². The molecular weight excluding hydrogens is 300 g/mol. The van der Waals surface area contributed by atoms with Gasteiger partial charge in [-0.15, -0.1) is 0 Å². The molecule has 0 radical (unpaired) electrons. The van der Waals surface area contributed by atoms with Crippen LogP contribution in [0.3, 0.4) is 0 Å². The Kier molecular flexibility index (Phi) is 5.59. The predicted octanol–water partition coefficient (Wildman–Crippen LogP) is 5.09. The van der Waals surface area contributed by atoms with Crippen LogP contribution in [-0.4, -0.2) is 5.11 Å². The number of aryl methyl sites for hydroxylation is 1. The average molecular weight is 319 g/mol. The highest BCUT2D eigenvalue weighted by molar-refractivity contribution is 7.80. The Balaban J connectivity index is 2.01. The SMILES string of the molecule is CC[C@H](NC(=S)Nc1cccc(Cl)c1)c1ccc(C)cc1. The fraction of sp³-hybridized carbons (Fsp3) is 0.235. The molecule has 4 heteroatoms. The molecule has 0 heterocycles. The summed E-state index contributed by atoms with van der Waals surface area (Å²) in [4.78, 5) is 0. The highest BCUT2D eigenvalue weighted by atomic mass is 35.5. The molecule has 1 atom stereocenters. The largest absolute Gasteiger partial charge is 0.356 e. The van der Waals surface area contributed by atoms with E-state index in [4.69, 9.17) is 23.8 Å². The van der Waals surface area contributed by atoms with Crippen molar-refractivity contribution in [2.45, 2.75) is 26.3 Å². The topological polar surface area (TPSA) is 24.1 Å². The summed E-state index contributed by atoms with van der Waals surface area (Å²) in [6, 6.07) is 16.2. The van der Waals surface area contributed by atoms with Gasteiger partial charge in [0.25, 0.3) is 0 Å². The zero-order valence-corrected chi connectivity index (χ0v) is 13.8. The number of nitrogens with one attached hydrogen (secondary N) is 2. The molecule has 0 fully saturated rings. The maximum atomic E-state index is 5.97. The molecule has 0 aliphatic heterocycles. The lowest BCUT2D eigenvalue weighted by molar-refractivity contribution is 0.629. The molecular formula is C17H19ClN2S. The third-order valence-electron chi connectivity index (χ3n) is 3.28. The molecule has 2 aromatic carbocycles. The number of halogens is 1. The Morgan fingerprint density at radius 3 is 2.52 bits per heavy atom. The van der Waals surface area contributed by atoms with Crippen molar-refractivity contribution in [3.8, 4) is 0 Å². The molecule has 110 valence electrons. The summed E-state index contributed by atoms with van der Waals surface area (Å²) in [5.41, 5.74) is 3.38. The quantitative estimate of drug-likeness (QED) is 0.768. The van der Waals surface area contributed by atoms with Crippen LogP contribution in [-0.2, 0) is 0 Å². The van der Waals surface area contributed by atoms with E-state index in [1.165, 1.54) is 11.1 Å². The first-order chi connectivity index (χ1) is 10.1. The Bertz CT molecular complexity index is 610. The van der Waals surface area contributed by atoms with Gasteiger partial charge in [0.15, 0.2) is 5.11 Å². The molecule has 2 nitrogen and oxygen atoms in total. The van der Waals surface area contributed by atoms with Gasteiger partial charge in [0.1, 0.15) is 0 Å². The van der Waals surface area contributed by atoms with Gasteiger partial charge in [-0.1, -0.05) is 54.4 Å². The van der Waals surface area contributed by atoms with Crippen LogP contribution in [0.2, 0.25) is 5.02 Å². The summed E-state index contributed by atoms with van der Waals surface area (Å²) < 4.78 is 0. The van der Waals surface area contributed by atoms with Gasteiger partial charge in [-0.3, -0.25) is 0 Å². The average Bonchev–Trinajstić information content (AvgIpc) is 2.46. The summed E-state index contributed by atoms with van der Waals surface area (Å²) in [5, 5.41) is 7.80. The van der Waals surface area contributed by atoms with Crippen LogP contribution >= 0.6 is 23.8 Å². The number of rotatable bonds is 4. The minimum absolute atomic E-state index is 0.199. The lowest BCUT2D eigenvalue weighted by Crippen LogP contribution is -2.32. The second-order valence-electron chi connectivity index (χ2n) is 4.98. The van der Waals surface area contributed by atoms with E-state index in [0.717, 1.165) is 12.1 Å². The first-order valence-electron chi connectivity index (χ1n) is 6.98. The van der Waals surface area contributed by atoms with E-state index < -0.39 is 0 Å². The number of thiocarbonyl (C=S) groups is 1. The summed E-state index contributed by atoms with van der Waals surface area (Å²) >= 11 is 11.4. The highest BCUT2D eigenvalue weighted by Crippen LogP contribution is 2.18. The fourth-order valence-electron chi connectivity index (χ4n) is 2.11. The highest BCUT2D eigenvalue weighted by Gasteiger charge is 2.10. The van der Waals surface area contributed by atoms with Crippen molar-refractivity contribution in [3.05, 3.63) is 64.7 Å². The molecule has 0 spiro atoms. The molecule has 2 aromatic rings. The lowest BCUT2D eigenvalue weighted by Gasteiger charge is -2.20. The molecule has 0 bridgehead atoms. The van der Waals surface area contributed by atoms with Crippen LogP contribution in [0.1, 0.15) is 30.5 Å². The molecule has 2 N–H and O–H groups in total. The van der Waals surface area contributed by atoms with Crippen LogP contribution in [0.4, 0.5) is 5.69 Å². The molecule has 0 aliphatic carbocycles. The zero-order chi connectivity index (χ0) is 15.2. The van der Waals surface area contributed by atoms with E-state index in [1.807, 2.05) is 24.3 Å². The summed E-state index contributed by atoms with van der Waals surface area (Å²) in [6.45, 7) is 4.23. The number of hydrogen-bond donors (Lipinski definition) is 2. The number of anilines is 1. The molecule has 0 saturated heterocycles. The number of hydrogen-bond acceptors (Lipinski definition) is 1. The Morgan fingerprint density at radius 2 is 1.90 bits per heavy atom. The minimum atomic E-state index is 0.199. The second kappa shape index (κ2) is 7.43. The second-order valence-corrected chi connectivity index (χ2v) is 5.83. The van der Waals surface area contributed by atoms with E-state index in [0.29, 0.717) is 10.1 Å². The van der Waals surface area contributed by atoms with Crippen LogP contribution in [0.25, 0.3) is 0 Å².